The third-order valence-electron chi connectivity index (χ3n) is 2.28. The van der Waals surface area contributed by atoms with Gasteiger partial charge in [-0.05, 0) is 18.1 Å². The Morgan fingerprint density at radius 2 is 2.14 bits per heavy atom. The Labute approximate surface area is 82.2 Å². The number of fused-ring (bicyclic) bond motifs is 1. The number of aromatic nitrogens is 1. The number of nitrogens with two attached hydrogens (primary N) is 1. The van der Waals surface area contributed by atoms with E-state index in [0.717, 1.165) is 22.0 Å². The van der Waals surface area contributed by atoms with Gasteiger partial charge in [0, 0.05) is 35.5 Å². The summed E-state index contributed by atoms with van der Waals surface area (Å²) in [5.41, 5.74) is 7.62. The van der Waals surface area contributed by atoms with E-state index in [1.165, 1.54) is 0 Å². The van der Waals surface area contributed by atoms with Crippen LogP contribution in [0.15, 0.2) is 30.6 Å². The van der Waals surface area contributed by atoms with Gasteiger partial charge in [-0.3, -0.25) is 4.98 Å². The van der Waals surface area contributed by atoms with Crippen molar-refractivity contribution < 1.29 is 5.11 Å². The molecule has 0 amide bonds. The van der Waals surface area contributed by atoms with Crippen LogP contribution in [0.25, 0.3) is 10.8 Å². The highest BCUT2D eigenvalue weighted by Gasteiger charge is 2.03. The Hall–Kier alpha value is -1.61. The topological polar surface area (TPSA) is 59.1 Å². The minimum Gasteiger partial charge on any atom is -0.398 e. The van der Waals surface area contributed by atoms with Crippen molar-refractivity contribution in [2.45, 2.75) is 6.42 Å². The summed E-state index contributed by atoms with van der Waals surface area (Å²) >= 11 is 0. The van der Waals surface area contributed by atoms with Crippen LogP contribution in [-0.4, -0.2) is 16.7 Å². The quantitative estimate of drug-likeness (QED) is 0.699. The van der Waals surface area contributed by atoms with Crippen LogP contribution in [0, 0.1) is 0 Å². The lowest BCUT2D eigenvalue weighted by Crippen LogP contribution is -1.96. The minimum atomic E-state index is 0.120. The molecule has 2 aromatic rings. The molecule has 0 atom stereocenters. The number of pyridine rings is 1. The van der Waals surface area contributed by atoms with Gasteiger partial charge in [-0.25, -0.2) is 0 Å². The van der Waals surface area contributed by atoms with E-state index in [9.17, 15) is 0 Å². The molecule has 1 aromatic carbocycles. The maximum atomic E-state index is 8.90. The molecule has 0 aliphatic carbocycles. The largest absolute Gasteiger partial charge is 0.398 e. The first-order valence-corrected chi connectivity index (χ1v) is 4.55. The lowest BCUT2D eigenvalue weighted by atomic mass is 10.0. The van der Waals surface area contributed by atoms with Crippen LogP contribution in [0.2, 0.25) is 0 Å². The molecule has 0 radical (unpaired) electrons. The molecule has 0 fully saturated rings. The number of rotatable bonds is 2. The van der Waals surface area contributed by atoms with Crippen molar-refractivity contribution in [1.82, 2.24) is 4.98 Å². The van der Waals surface area contributed by atoms with Gasteiger partial charge in [-0.15, -0.1) is 0 Å². The number of nitrogen functional groups attached to an aromatic ring is 1. The lowest BCUT2D eigenvalue weighted by Gasteiger charge is -2.06. The summed E-state index contributed by atoms with van der Waals surface area (Å²) in [6, 6.07) is 5.74. The molecule has 0 spiro atoms. The molecule has 2 rings (SSSR count). The average Bonchev–Trinajstić information content (AvgIpc) is 2.19. The van der Waals surface area contributed by atoms with E-state index in [1.807, 2.05) is 18.2 Å². The molecular weight excluding hydrogens is 176 g/mol. The van der Waals surface area contributed by atoms with E-state index >= 15 is 0 Å². The molecule has 14 heavy (non-hydrogen) atoms. The van der Waals surface area contributed by atoms with E-state index in [0.29, 0.717) is 6.42 Å². The summed E-state index contributed by atoms with van der Waals surface area (Å²) in [7, 11) is 0. The van der Waals surface area contributed by atoms with Gasteiger partial charge in [-0.1, -0.05) is 12.1 Å². The number of anilines is 1. The second-order valence-electron chi connectivity index (χ2n) is 3.22. The summed E-state index contributed by atoms with van der Waals surface area (Å²) in [5.74, 6) is 0. The fraction of sp³-hybridized carbons (Fsp3) is 0.182. The Balaban J connectivity index is 2.71. The Morgan fingerprint density at radius 3 is 2.93 bits per heavy atom. The number of hydrogen-bond donors (Lipinski definition) is 2. The van der Waals surface area contributed by atoms with Crippen molar-refractivity contribution in [3.8, 4) is 0 Å². The first kappa shape index (κ1) is 8.97. The fourth-order valence-electron chi connectivity index (χ4n) is 1.65. The molecule has 3 nitrogen and oxygen atoms in total. The predicted molar refractivity (Wildman–Crippen MR) is 56.9 cm³/mol. The smallest absolute Gasteiger partial charge is 0.0472 e. The Bertz CT molecular complexity index is 449. The number of hydrogen-bond acceptors (Lipinski definition) is 3. The fourth-order valence-corrected chi connectivity index (χ4v) is 1.65. The van der Waals surface area contributed by atoms with E-state index in [4.69, 9.17) is 10.8 Å². The van der Waals surface area contributed by atoms with Crippen LogP contribution in [0.3, 0.4) is 0 Å². The third kappa shape index (κ3) is 1.42. The Morgan fingerprint density at radius 1 is 1.29 bits per heavy atom. The minimum absolute atomic E-state index is 0.120. The lowest BCUT2D eigenvalue weighted by molar-refractivity contribution is 0.300. The van der Waals surface area contributed by atoms with E-state index in [2.05, 4.69) is 4.98 Å². The van der Waals surface area contributed by atoms with Crippen LogP contribution >= 0.6 is 0 Å². The van der Waals surface area contributed by atoms with Crippen molar-refractivity contribution in [3.05, 3.63) is 36.2 Å². The third-order valence-corrected chi connectivity index (χ3v) is 2.28. The average molecular weight is 188 g/mol. The SMILES string of the molecule is Nc1cccc2cncc(CCO)c12. The van der Waals surface area contributed by atoms with Crippen LogP contribution in [0.5, 0.6) is 0 Å². The van der Waals surface area contributed by atoms with E-state index in [1.54, 1.807) is 12.4 Å². The number of aliphatic hydroxyl groups is 1. The molecule has 1 heterocycles. The first-order valence-electron chi connectivity index (χ1n) is 4.55. The standard InChI is InChI=1S/C11H12N2O/c12-10-3-1-2-8-6-13-7-9(4-5-14)11(8)10/h1-3,6-7,14H,4-5,12H2. The summed E-state index contributed by atoms with van der Waals surface area (Å²) < 4.78 is 0. The number of aliphatic hydroxyl groups excluding tert-OH is 1. The maximum absolute atomic E-state index is 8.90. The predicted octanol–water partition coefficient (Wildman–Crippen LogP) is 1.35. The molecule has 0 saturated heterocycles. The molecule has 0 bridgehead atoms. The number of nitrogens with zero attached hydrogens (tertiary/aromatic N) is 1. The van der Waals surface area contributed by atoms with Crippen molar-refractivity contribution in [2.24, 2.45) is 0 Å². The molecule has 72 valence electrons. The van der Waals surface area contributed by atoms with Crippen molar-refractivity contribution in [2.75, 3.05) is 12.3 Å². The molecule has 0 aliphatic heterocycles. The van der Waals surface area contributed by atoms with Gasteiger partial charge in [0.25, 0.3) is 0 Å². The van der Waals surface area contributed by atoms with Gasteiger partial charge in [0.1, 0.15) is 0 Å². The van der Waals surface area contributed by atoms with Crippen LogP contribution in [0.1, 0.15) is 5.56 Å². The summed E-state index contributed by atoms with van der Waals surface area (Å²) in [6.45, 7) is 0.120. The van der Waals surface area contributed by atoms with Crippen LogP contribution < -0.4 is 5.73 Å². The maximum Gasteiger partial charge on any atom is 0.0472 e. The van der Waals surface area contributed by atoms with Gasteiger partial charge in [-0.2, -0.15) is 0 Å². The summed E-state index contributed by atoms with van der Waals surface area (Å²) in [4.78, 5) is 4.11. The van der Waals surface area contributed by atoms with Crippen molar-refractivity contribution >= 4 is 16.5 Å². The Kier molecular flexibility index (Phi) is 2.33. The second-order valence-corrected chi connectivity index (χ2v) is 3.22. The van der Waals surface area contributed by atoms with E-state index < -0.39 is 0 Å². The van der Waals surface area contributed by atoms with Crippen LogP contribution in [0.4, 0.5) is 5.69 Å². The summed E-state index contributed by atoms with van der Waals surface area (Å²) in [6.07, 6.45) is 4.14. The molecule has 0 aliphatic rings. The van der Waals surface area contributed by atoms with Crippen LogP contribution in [-0.2, 0) is 6.42 Å². The highest BCUT2D eigenvalue weighted by atomic mass is 16.2. The zero-order valence-electron chi connectivity index (χ0n) is 7.77. The van der Waals surface area contributed by atoms with E-state index in [-0.39, 0.29) is 6.61 Å². The molecule has 0 unspecified atom stereocenters. The summed E-state index contributed by atoms with van der Waals surface area (Å²) in [5, 5.41) is 10.9. The highest BCUT2D eigenvalue weighted by molar-refractivity contribution is 5.94. The molecule has 0 saturated carbocycles. The molecule has 3 N–H and O–H groups in total. The van der Waals surface area contributed by atoms with Crippen molar-refractivity contribution in [3.63, 3.8) is 0 Å². The monoisotopic (exact) mass is 188 g/mol. The second kappa shape index (κ2) is 3.64. The normalized spacial score (nSPS) is 10.6. The van der Waals surface area contributed by atoms with Gasteiger partial charge in [0.2, 0.25) is 0 Å². The molecule has 1 aromatic heterocycles. The zero-order valence-corrected chi connectivity index (χ0v) is 7.77. The molecule has 3 heteroatoms. The first-order chi connectivity index (χ1) is 6.83. The van der Waals surface area contributed by atoms with Gasteiger partial charge in [0.15, 0.2) is 0 Å². The van der Waals surface area contributed by atoms with Gasteiger partial charge >= 0.3 is 0 Å². The number of benzene rings is 1. The zero-order chi connectivity index (χ0) is 9.97. The van der Waals surface area contributed by atoms with Gasteiger partial charge < -0.3 is 10.8 Å². The van der Waals surface area contributed by atoms with Gasteiger partial charge in [0.05, 0.1) is 0 Å². The van der Waals surface area contributed by atoms with Crippen molar-refractivity contribution in [1.29, 1.82) is 0 Å². The highest BCUT2D eigenvalue weighted by Crippen LogP contribution is 2.23. The molecular formula is C11H12N2O.